The summed E-state index contributed by atoms with van der Waals surface area (Å²) in [5, 5.41) is 14.3. The number of carbonyl (C=O) groups excluding carboxylic acids is 2. The van der Waals surface area contributed by atoms with Crippen molar-refractivity contribution in [1.82, 2.24) is 9.63 Å². The largest absolute Gasteiger partial charge is 0.497 e. The Morgan fingerprint density at radius 3 is 2.43 bits per heavy atom. The molecule has 0 radical (unpaired) electrons. The number of benzene rings is 2. The first-order chi connectivity index (χ1) is 21.6. The third-order valence-electron chi connectivity index (χ3n) is 10.2. The molecule has 10 heteroatoms. The van der Waals surface area contributed by atoms with Crippen LogP contribution >= 0.6 is 0 Å². The predicted octanol–water partition coefficient (Wildman–Crippen LogP) is 6.61. The van der Waals surface area contributed by atoms with E-state index in [2.05, 4.69) is 44.5 Å². The number of ether oxygens (including phenoxy) is 3. The highest BCUT2D eigenvalue weighted by molar-refractivity contribution is 6.74. The quantitative estimate of drug-likeness (QED) is 0.216. The van der Waals surface area contributed by atoms with E-state index in [9.17, 15) is 14.8 Å². The van der Waals surface area contributed by atoms with E-state index in [1.54, 1.807) is 38.5 Å². The maximum absolute atomic E-state index is 13.7. The number of allylic oxidation sites excluding steroid dienone is 2. The van der Waals surface area contributed by atoms with Gasteiger partial charge in [0.25, 0.3) is 0 Å². The molecular weight excluding hydrogens is 600 g/mol. The van der Waals surface area contributed by atoms with Gasteiger partial charge < -0.3 is 23.2 Å². The number of ketones is 1. The van der Waals surface area contributed by atoms with Crippen molar-refractivity contribution < 1.29 is 33.4 Å². The third kappa shape index (κ3) is 5.56. The summed E-state index contributed by atoms with van der Waals surface area (Å²) in [6.45, 7) is 13.5. The lowest BCUT2D eigenvalue weighted by atomic mass is 9.82. The smallest absolute Gasteiger partial charge is 0.338 e. The van der Waals surface area contributed by atoms with E-state index in [-0.39, 0.29) is 23.7 Å². The Morgan fingerprint density at radius 2 is 1.80 bits per heavy atom. The average molecular weight is 647 g/mol. The molecule has 2 aromatic carbocycles. The number of aromatic nitrogens is 1. The zero-order valence-electron chi connectivity index (χ0n) is 28.6. The van der Waals surface area contributed by atoms with E-state index in [4.69, 9.17) is 18.6 Å². The lowest BCUT2D eigenvalue weighted by molar-refractivity contribution is -0.170. The monoisotopic (exact) mass is 646 g/mol. The second-order valence-corrected chi connectivity index (χ2v) is 18.7. The number of hydrogen-bond donors (Lipinski definition) is 1. The van der Waals surface area contributed by atoms with Gasteiger partial charge in [-0.1, -0.05) is 39.8 Å². The van der Waals surface area contributed by atoms with E-state index in [0.29, 0.717) is 40.5 Å². The number of hydroxylamine groups is 2. The molecule has 1 N–H and O–H groups in total. The lowest BCUT2D eigenvalue weighted by Gasteiger charge is -2.41. The van der Waals surface area contributed by atoms with Crippen LogP contribution in [0.5, 0.6) is 11.5 Å². The molecule has 46 heavy (non-hydrogen) atoms. The van der Waals surface area contributed by atoms with Crippen molar-refractivity contribution in [3.8, 4) is 11.5 Å². The van der Waals surface area contributed by atoms with Crippen molar-refractivity contribution in [2.24, 2.45) is 13.0 Å². The molecule has 5 rings (SSSR count). The van der Waals surface area contributed by atoms with E-state index in [1.807, 2.05) is 32.2 Å². The number of rotatable bonds is 8. The van der Waals surface area contributed by atoms with Crippen LogP contribution in [0.1, 0.15) is 50.1 Å². The van der Waals surface area contributed by atoms with Crippen molar-refractivity contribution in [3.63, 3.8) is 0 Å². The highest BCUT2D eigenvalue weighted by Crippen LogP contribution is 2.45. The SMILES string of the molecule is COC(=O)C1(Cc2ccc(OC)cc2OC)C=CC2=C(c3cc4cc(CO[Si](C)(C)C(C)(C)C)n(C)c4cc3CC(=O)C2C)N1O. The third-order valence-corrected chi connectivity index (χ3v) is 14.7. The van der Waals surface area contributed by atoms with Crippen LogP contribution in [0.4, 0.5) is 0 Å². The average Bonchev–Trinajstić information content (AvgIpc) is 3.27. The number of Topliss-reactive ketones (excluding diaryl/α,β-unsaturated/α-hetero) is 1. The van der Waals surface area contributed by atoms with Crippen LogP contribution in [0.3, 0.4) is 0 Å². The highest BCUT2D eigenvalue weighted by atomic mass is 28.4. The fourth-order valence-corrected chi connectivity index (χ4v) is 7.06. The number of methoxy groups -OCH3 is 3. The molecular formula is C36H46N2O7Si. The molecule has 0 spiro atoms. The molecule has 2 atom stereocenters. The fourth-order valence-electron chi connectivity index (χ4n) is 6.12. The Labute approximate surface area is 272 Å². The van der Waals surface area contributed by atoms with Crippen LogP contribution < -0.4 is 9.47 Å². The summed E-state index contributed by atoms with van der Waals surface area (Å²) in [7, 11) is 4.43. The van der Waals surface area contributed by atoms with Gasteiger partial charge in [-0.05, 0) is 65.2 Å². The summed E-state index contributed by atoms with van der Waals surface area (Å²) >= 11 is 0. The van der Waals surface area contributed by atoms with Gasteiger partial charge in [0.1, 0.15) is 17.3 Å². The summed E-state index contributed by atoms with van der Waals surface area (Å²) < 4.78 is 25.0. The van der Waals surface area contributed by atoms with Gasteiger partial charge in [-0.3, -0.25) is 10.0 Å². The maximum Gasteiger partial charge on any atom is 0.338 e. The number of hydrogen-bond acceptors (Lipinski definition) is 8. The van der Waals surface area contributed by atoms with E-state index in [0.717, 1.165) is 27.2 Å². The van der Waals surface area contributed by atoms with Gasteiger partial charge in [-0.25, -0.2) is 9.86 Å². The van der Waals surface area contributed by atoms with Gasteiger partial charge in [-0.2, -0.15) is 0 Å². The van der Waals surface area contributed by atoms with Crippen molar-refractivity contribution in [1.29, 1.82) is 0 Å². The standard InChI is InChI=1S/C36H46N2O7Si/c1-22-28-13-14-36(34(40)44-8,20-23-11-12-27(42-6)19-32(23)43-7)38(41)33(28)29-16-25-15-26(21-45-46(9,10)35(2,3)4)37(5)30(25)17-24(29)18-31(22)39/h11-17,19,22,41H,18,20-21H2,1-10H3. The Morgan fingerprint density at radius 1 is 1.09 bits per heavy atom. The van der Waals surface area contributed by atoms with Crippen LogP contribution in [0.2, 0.25) is 18.1 Å². The zero-order valence-corrected chi connectivity index (χ0v) is 29.6. The van der Waals surface area contributed by atoms with Gasteiger partial charge in [0.15, 0.2) is 13.9 Å². The Kier molecular flexibility index (Phi) is 8.78. The Balaban J connectivity index is 1.64. The maximum atomic E-state index is 13.7. The molecule has 2 heterocycles. The normalized spacial score (nSPS) is 20.0. The van der Waals surface area contributed by atoms with Crippen molar-refractivity contribution >= 4 is 36.7 Å². The molecule has 1 aliphatic heterocycles. The molecule has 3 aromatic rings. The molecule has 0 fully saturated rings. The minimum absolute atomic E-state index is 0.0294. The molecule has 2 unspecified atom stereocenters. The summed E-state index contributed by atoms with van der Waals surface area (Å²) in [4.78, 5) is 27.2. The Hall–Kier alpha value is -3.86. The number of aryl methyl sites for hydroxylation is 1. The van der Waals surface area contributed by atoms with Gasteiger partial charge in [-0.15, -0.1) is 0 Å². The minimum atomic E-state index is -1.99. The van der Waals surface area contributed by atoms with Gasteiger partial charge in [0.05, 0.1) is 33.6 Å². The number of esters is 1. The minimum Gasteiger partial charge on any atom is -0.497 e. The van der Waals surface area contributed by atoms with Crippen LogP contribution in [0, 0.1) is 5.92 Å². The molecule has 2 aliphatic rings. The van der Waals surface area contributed by atoms with E-state index in [1.165, 1.54) is 7.11 Å². The second-order valence-electron chi connectivity index (χ2n) is 13.9. The first-order valence-electron chi connectivity index (χ1n) is 15.6. The van der Waals surface area contributed by atoms with Gasteiger partial charge in [0, 0.05) is 54.0 Å². The highest BCUT2D eigenvalue weighted by Gasteiger charge is 2.49. The topological polar surface area (TPSA) is 99.5 Å². The molecule has 1 aromatic heterocycles. The number of carbonyl (C=O) groups is 2. The van der Waals surface area contributed by atoms with Crippen molar-refractivity contribution in [2.75, 3.05) is 21.3 Å². The molecule has 1 aliphatic carbocycles. The summed E-state index contributed by atoms with van der Waals surface area (Å²) in [6.07, 6.45) is 3.66. The van der Waals surface area contributed by atoms with Crippen LogP contribution in [-0.2, 0) is 45.2 Å². The molecule has 0 saturated heterocycles. The zero-order chi connectivity index (χ0) is 33.8. The first kappa shape index (κ1) is 33.5. The molecule has 0 bridgehead atoms. The molecule has 0 amide bonds. The number of fused-ring (bicyclic) bond motifs is 3. The number of nitrogens with zero attached hydrogens (tertiary/aromatic N) is 2. The van der Waals surface area contributed by atoms with Gasteiger partial charge in [0.2, 0.25) is 0 Å². The van der Waals surface area contributed by atoms with Crippen molar-refractivity contribution in [3.05, 3.63) is 76.5 Å². The fraction of sp³-hybridized carbons (Fsp3) is 0.444. The lowest BCUT2D eigenvalue weighted by Crippen LogP contribution is -2.54. The summed E-state index contributed by atoms with van der Waals surface area (Å²) in [6, 6.07) is 11.5. The molecule has 246 valence electrons. The van der Waals surface area contributed by atoms with Gasteiger partial charge >= 0.3 is 5.97 Å². The van der Waals surface area contributed by atoms with E-state index >= 15 is 0 Å². The summed E-state index contributed by atoms with van der Waals surface area (Å²) in [5.74, 6) is -0.0135. The van der Waals surface area contributed by atoms with E-state index < -0.39 is 25.7 Å². The summed E-state index contributed by atoms with van der Waals surface area (Å²) in [5.41, 5.74) is 3.57. The Bertz CT molecular complexity index is 1760. The molecule has 9 nitrogen and oxygen atoms in total. The second kappa shape index (κ2) is 12.1. The first-order valence-corrected chi connectivity index (χ1v) is 18.5. The van der Waals surface area contributed by atoms with Crippen LogP contribution in [0.15, 0.2) is 54.1 Å². The van der Waals surface area contributed by atoms with Crippen LogP contribution in [0.25, 0.3) is 16.6 Å². The predicted molar refractivity (Wildman–Crippen MR) is 180 cm³/mol. The van der Waals surface area contributed by atoms with Crippen molar-refractivity contribution in [2.45, 2.75) is 70.8 Å². The van der Waals surface area contributed by atoms with Crippen LogP contribution in [-0.4, -0.2) is 61.8 Å². The molecule has 0 saturated carbocycles.